The predicted molar refractivity (Wildman–Crippen MR) is 110 cm³/mol. The van der Waals surface area contributed by atoms with Crippen LogP contribution in [0.3, 0.4) is 0 Å². The molecule has 4 heteroatoms. The SMILES string of the molecule is CC1=C2CC3C(CC2(C)CCC1)OC(=O)C3CN(C)C(C)CCc1ccco1. The Morgan fingerprint density at radius 3 is 2.96 bits per heavy atom. The Labute approximate surface area is 169 Å². The van der Waals surface area contributed by atoms with E-state index in [4.69, 9.17) is 9.15 Å². The number of fused-ring (bicyclic) bond motifs is 2. The standard InChI is InChI=1S/C24H35NO3/c1-16-7-5-11-24(3)14-22-19(13-21(16)24)20(23(26)28-22)15-25(4)17(2)9-10-18-8-6-12-27-18/h6,8,12,17,19-20,22H,5,7,9-11,13-15H2,1-4H3. The number of carbonyl (C=O) groups excluding carboxylic acids is 1. The molecular weight excluding hydrogens is 350 g/mol. The fraction of sp³-hybridized carbons (Fsp3) is 0.708. The topological polar surface area (TPSA) is 42.7 Å². The summed E-state index contributed by atoms with van der Waals surface area (Å²) >= 11 is 0. The largest absolute Gasteiger partial charge is 0.469 e. The predicted octanol–water partition coefficient (Wildman–Crippen LogP) is 4.99. The highest BCUT2D eigenvalue weighted by atomic mass is 16.6. The van der Waals surface area contributed by atoms with Gasteiger partial charge < -0.3 is 14.1 Å². The molecular formula is C24H35NO3. The maximum Gasteiger partial charge on any atom is 0.310 e. The second-order valence-electron chi connectivity index (χ2n) is 9.73. The molecule has 2 fully saturated rings. The van der Waals surface area contributed by atoms with Gasteiger partial charge in [0, 0.05) is 24.9 Å². The van der Waals surface area contributed by atoms with E-state index < -0.39 is 0 Å². The summed E-state index contributed by atoms with van der Waals surface area (Å²) in [4.78, 5) is 15.1. The fourth-order valence-electron chi connectivity index (χ4n) is 5.84. The summed E-state index contributed by atoms with van der Waals surface area (Å²) in [5.41, 5.74) is 3.46. The smallest absolute Gasteiger partial charge is 0.310 e. The second kappa shape index (κ2) is 7.70. The molecule has 2 aliphatic carbocycles. The van der Waals surface area contributed by atoms with Crippen molar-refractivity contribution in [2.75, 3.05) is 13.6 Å². The van der Waals surface area contributed by atoms with E-state index in [-0.39, 0.29) is 23.4 Å². The van der Waals surface area contributed by atoms with Gasteiger partial charge in [-0.1, -0.05) is 18.1 Å². The average Bonchev–Trinajstić information content (AvgIpc) is 3.26. The van der Waals surface area contributed by atoms with E-state index in [2.05, 4.69) is 32.7 Å². The molecule has 4 rings (SSSR count). The van der Waals surface area contributed by atoms with Gasteiger partial charge in [0.2, 0.25) is 0 Å². The van der Waals surface area contributed by atoms with Crippen LogP contribution in [-0.2, 0) is 16.0 Å². The molecule has 1 saturated carbocycles. The number of ether oxygens (including phenoxy) is 1. The molecule has 2 heterocycles. The monoisotopic (exact) mass is 385 g/mol. The van der Waals surface area contributed by atoms with E-state index >= 15 is 0 Å². The number of furan rings is 1. The van der Waals surface area contributed by atoms with Crippen molar-refractivity contribution in [3.8, 4) is 0 Å². The van der Waals surface area contributed by atoms with E-state index in [0.717, 1.165) is 38.0 Å². The number of aryl methyl sites for hydroxylation is 1. The molecule has 4 nitrogen and oxygen atoms in total. The molecule has 0 aromatic carbocycles. The van der Waals surface area contributed by atoms with Crippen LogP contribution in [-0.4, -0.2) is 36.6 Å². The van der Waals surface area contributed by atoms with Crippen molar-refractivity contribution in [2.24, 2.45) is 17.3 Å². The van der Waals surface area contributed by atoms with Crippen LogP contribution in [0.25, 0.3) is 0 Å². The zero-order valence-corrected chi connectivity index (χ0v) is 17.9. The highest BCUT2D eigenvalue weighted by molar-refractivity contribution is 5.76. The van der Waals surface area contributed by atoms with Crippen molar-refractivity contribution < 1.29 is 13.9 Å². The lowest BCUT2D eigenvalue weighted by molar-refractivity contribution is -0.145. The zero-order chi connectivity index (χ0) is 19.9. The van der Waals surface area contributed by atoms with Gasteiger partial charge in [0.1, 0.15) is 11.9 Å². The Balaban J connectivity index is 1.41. The molecule has 0 N–H and O–H groups in total. The minimum Gasteiger partial charge on any atom is -0.469 e. The van der Waals surface area contributed by atoms with Crippen LogP contribution in [0.5, 0.6) is 0 Å². The summed E-state index contributed by atoms with van der Waals surface area (Å²) in [6, 6.07) is 4.38. The van der Waals surface area contributed by atoms with Gasteiger partial charge in [0.25, 0.3) is 0 Å². The first-order valence-corrected chi connectivity index (χ1v) is 11.0. The van der Waals surface area contributed by atoms with E-state index in [9.17, 15) is 4.79 Å². The van der Waals surface area contributed by atoms with Crippen LogP contribution in [0.1, 0.15) is 65.1 Å². The fourth-order valence-corrected chi connectivity index (χ4v) is 5.84. The van der Waals surface area contributed by atoms with Crippen LogP contribution in [0.2, 0.25) is 0 Å². The molecule has 3 aliphatic rings. The summed E-state index contributed by atoms with van der Waals surface area (Å²) in [5.74, 6) is 1.42. The van der Waals surface area contributed by atoms with Crippen molar-refractivity contribution in [3.63, 3.8) is 0 Å². The Hall–Kier alpha value is -1.55. The molecule has 1 saturated heterocycles. The van der Waals surface area contributed by atoms with Gasteiger partial charge in [-0.25, -0.2) is 0 Å². The van der Waals surface area contributed by atoms with Crippen molar-refractivity contribution in [1.82, 2.24) is 4.90 Å². The Morgan fingerprint density at radius 2 is 2.21 bits per heavy atom. The van der Waals surface area contributed by atoms with Crippen molar-refractivity contribution in [2.45, 2.75) is 77.9 Å². The van der Waals surface area contributed by atoms with Crippen LogP contribution >= 0.6 is 0 Å². The summed E-state index contributed by atoms with van der Waals surface area (Å²) in [6.45, 7) is 7.74. The minimum absolute atomic E-state index is 0.00726. The second-order valence-corrected chi connectivity index (χ2v) is 9.73. The van der Waals surface area contributed by atoms with Gasteiger partial charge in [-0.3, -0.25) is 4.79 Å². The summed E-state index contributed by atoms with van der Waals surface area (Å²) in [6.07, 6.45) is 9.63. The van der Waals surface area contributed by atoms with Gasteiger partial charge in [-0.2, -0.15) is 0 Å². The van der Waals surface area contributed by atoms with Gasteiger partial charge in [0.15, 0.2) is 0 Å². The number of carbonyl (C=O) groups is 1. The Kier molecular flexibility index (Phi) is 5.43. The van der Waals surface area contributed by atoms with Gasteiger partial charge in [-0.05, 0) is 77.0 Å². The number of nitrogens with zero attached hydrogens (tertiary/aromatic N) is 1. The van der Waals surface area contributed by atoms with Crippen LogP contribution in [0, 0.1) is 17.3 Å². The number of hydrogen-bond acceptors (Lipinski definition) is 4. The van der Waals surface area contributed by atoms with Crippen LogP contribution < -0.4 is 0 Å². The lowest BCUT2D eigenvalue weighted by Crippen LogP contribution is -2.42. The quantitative estimate of drug-likeness (QED) is 0.511. The molecule has 1 aromatic heterocycles. The third kappa shape index (κ3) is 3.68. The number of esters is 1. The summed E-state index contributed by atoms with van der Waals surface area (Å²) in [7, 11) is 2.14. The van der Waals surface area contributed by atoms with E-state index in [1.54, 1.807) is 17.4 Å². The van der Waals surface area contributed by atoms with Crippen LogP contribution in [0.15, 0.2) is 34.0 Å². The third-order valence-corrected chi connectivity index (χ3v) is 7.81. The molecule has 0 bridgehead atoms. The van der Waals surface area contributed by atoms with Crippen LogP contribution in [0.4, 0.5) is 0 Å². The lowest BCUT2D eigenvalue weighted by Gasteiger charge is -2.46. The molecule has 5 atom stereocenters. The van der Waals surface area contributed by atoms with Gasteiger partial charge >= 0.3 is 5.97 Å². The first kappa shape index (κ1) is 19.8. The Morgan fingerprint density at radius 1 is 1.39 bits per heavy atom. The van der Waals surface area contributed by atoms with E-state index in [0.29, 0.717) is 12.0 Å². The zero-order valence-electron chi connectivity index (χ0n) is 17.9. The van der Waals surface area contributed by atoms with Gasteiger partial charge in [-0.15, -0.1) is 0 Å². The van der Waals surface area contributed by atoms with Crippen molar-refractivity contribution in [1.29, 1.82) is 0 Å². The van der Waals surface area contributed by atoms with E-state index in [1.165, 1.54) is 19.3 Å². The third-order valence-electron chi connectivity index (χ3n) is 7.81. The van der Waals surface area contributed by atoms with Gasteiger partial charge in [0.05, 0.1) is 12.2 Å². The molecule has 0 amide bonds. The first-order valence-electron chi connectivity index (χ1n) is 11.0. The maximum atomic E-state index is 12.8. The molecule has 28 heavy (non-hydrogen) atoms. The molecule has 0 spiro atoms. The highest BCUT2D eigenvalue weighted by Crippen LogP contribution is 2.55. The average molecular weight is 386 g/mol. The summed E-state index contributed by atoms with van der Waals surface area (Å²) in [5, 5.41) is 0. The maximum absolute atomic E-state index is 12.8. The molecule has 154 valence electrons. The number of hydrogen-bond donors (Lipinski definition) is 0. The molecule has 1 aromatic rings. The molecule has 1 aliphatic heterocycles. The lowest BCUT2D eigenvalue weighted by atomic mass is 9.59. The number of rotatable bonds is 6. The van der Waals surface area contributed by atoms with Crippen molar-refractivity contribution in [3.05, 3.63) is 35.3 Å². The normalized spacial score (nSPS) is 33.6. The highest BCUT2D eigenvalue weighted by Gasteiger charge is 2.53. The van der Waals surface area contributed by atoms with E-state index in [1.807, 2.05) is 12.1 Å². The van der Waals surface area contributed by atoms with Crippen molar-refractivity contribution >= 4 is 5.97 Å². The minimum atomic E-state index is 0.00726. The molecule has 5 unspecified atom stereocenters. The summed E-state index contributed by atoms with van der Waals surface area (Å²) < 4.78 is 11.4. The first-order chi connectivity index (χ1) is 13.4. The number of allylic oxidation sites excluding steroid dienone is 2. The Bertz CT molecular complexity index is 737. The molecule has 0 radical (unpaired) electrons.